The van der Waals surface area contributed by atoms with Gasteiger partial charge in [-0.25, -0.2) is 0 Å². The van der Waals surface area contributed by atoms with Crippen LogP contribution in [0.3, 0.4) is 0 Å². The molecule has 0 aromatic rings. The molecule has 100 valence electrons. The van der Waals surface area contributed by atoms with Gasteiger partial charge in [-0.15, -0.1) is 0 Å². The molecular weight excluding hydrogens is 214 g/mol. The van der Waals surface area contributed by atoms with Crippen LogP contribution in [0.2, 0.25) is 0 Å². The van der Waals surface area contributed by atoms with Crippen molar-refractivity contribution < 1.29 is 9.47 Å². The molecule has 0 aromatic heterocycles. The molecule has 2 aliphatic heterocycles. The van der Waals surface area contributed by atoms with E-state index in [1.54, 1.807) is 0 Å². The molecule has 2 rings (SSSR count). The Labute approximate surface area is 105 Å². The smallest absolute Gasteiger partial charge is 0.0727 e. The Bertz CT molecular complexity index is 228. The van der Waals surface area contributed by atoms with Crippen molar-refractivity contribution >= 4 is 0 Å². The van der Waals surface area contributed by atoms with Crippen molar-refractivity contribution in [2.24, 2.45) is 11.7 Å². The van der Waals surface area contributed by atoms with Gasteiger partial charge in [-0.3, -0.25) is 0 Å². The summed E-state index contributed by atoms with van der Waals surface area (Å²) in [6.45, 7) is 4.90. The number of hydrogen-bond donors (Lipinski definition) is 1. The van der Waals surface area contributed by atoms with Gasteiger partial charge in [-0.1, -0.05) is 19.3 Å². The predicted octanol–water partition coefficient (Wildman–Crippen LogP) is 2.48. The monoisotopic (exact) mass is 241 g/mol. The Balaban J connectivity index is 1.59. The van der Waals surface area contributed by atoms with Crippen molar-refractivity contribution in [1.82, 2.24) is 0 Å². The lowest BCUT2D eigenvalue weighted by molar-refractivity contribution is 0.0625. The number of nitrogens with two attached hydrogens (primary N) is 1. The molecule has 2 N–H and O–H groups in total. The Kier molecular flexibility index (Phi) is 4.83. The van der Waals surface area contributed by atoms with E-state index in [0.717, 1.165) is 38.6 Å². The molecule has 0 bridgehead atoms. The number of ether oxygens (including phenoxy) is 2. The number of unbranched alkanes of at least 4 members (excludes halogenated alkanes) is 1. The van der Waals surface area contributed by atoms with E-state index < -0.39 is 0 Å². The van der Waals surface area contributed by atoms with E-state index >= 15 is 0 Å². The number of rotatable bonds is 5. The first-order chi connectivity index (χ1) is 8.21. The van der Waals surface area contributed by atoms with Gasteiger partial charge in [0.25, 0.3) is 0 Å². The van der Waals surface area contributed by atoms with Crippen molar-refractivity contribution in [1.29, 1.82) is 0 Å². The molecule has 0 radical (unpaired) electrons. The second-order valence-electron chi connectivity index (χ2n) is 5.80. The van der Waals surface area contributed by atoms with Crippen LogP contribution in [0.4, 0.5) is 0 Å². The van der Waals surface area contributed by atoms with Gasteiger partial charge >= 0.3 is 0 Å². The lowest BCUT2D eigenvalue weighted by atomic mass is 9.86. The molecular formula is C14H27NO2. The van der Waals surface area contributed by atoms with Crippen LogP contribution >= 0.6 is 0 Å². The van der Waals surface area contributed by atoms with Crippen LogP contribution in [-0.2, 0) is 9.47 Å². The van der Waals surface area contributed by atoms with Crippen LogP contribution in [0, 0.1) is 5.92 Å². The first-order valence-corrected chi connectivity index (χ1v) is 7.19. The van der Waals surface area contributed by atoms with Gasteiger partial charge in [0.2, 0.25) is 0 Å². The summed E-state index contributed by atoms with van der Waals surface area (Å²) in [5.74, 6) is 0.898. The maximum atomic E-state index is 6.38. The quantitative estimate of drug-likeness (QED) is 0.752. The van der Waals surface area contributed by atoms with E-state index in [0.29, 0.717) is 0 Å². The standard InChI is InChI=1S/C14H27NO2/c1-12-14(15,8-11-17-12)7-3-2-4-13-5-9-16-10-6-13/h12-13H,2-11,15H2,1H3. The Morgan fingerprint density at radius 1 is 1.18 bits per heavy atom. The zero-order valence-corrected chi connectivity index (χ0v) is 11.1. The highest BCUT2D eigenvalue weighted by molar-refractivity contribution is 4.94. The normalized spacial score (nSPS) is 35.3. The molecule has 0 amide bonds. The van der Waals surface area contributed by atoms with Crippen LogP contribution in [0.25, 0.3) is 0 Å². The predicted molar refractivity (Wildman–Crippen MR) is 69.0 cm³/mol. The molecule has 0 saturated carbocycles. The van der Waals surface area contributed by atoms with Crippen LogP contribution in [-0.4, -0.2) is 31.5 Å². The molecule has 2 aliphatic rings. The van der Waals surface area contributed by atoms with E-state index in [2.05, 4.69) is 6.92 Å². The van der Waals surface area contributed by atoms with Crippen LogP contribution in [0.5, 0.6) is 0 Å². The molecule has 17 heavy (non-hydrogen) atoms. The molecule has 0 aromatic carbocycles. The Hall–Kier alpha value is -0.120. The first kappa shape index (κ1) is 13.3. The van der Waals surface area contributed by atoms with Crippen LogP contribution in [0.15, 0.2) is 0 Å². The van der Waals surface area contributed by atoms with Gasteiger partial charge < -0.3 is 15.2 Å². The molecule has 3 nitrogen and oxygen atoms in total. The molecule has 3 heteroatoms. The molecule has 2 atom stereocenters. The average Bonchev–Trinajstić information content (AvgIpc) is 2.67. The van der Waals surface area contributed by atoms with Gasteiger partial charge in [0, 0.05) is 25.4 Å². The van der Waals surface area contributed by atoms with Crippen molar-refractivity contribution in [2.75, 3.05) is 19.8 Å². The van der Waals surface area contributed by atoms with Gasteiger partial charge in [-0.05, 0) is 38.5 Å². The third-order valence-electron chi connectivity index (χ3n) is 4.59. The van der Waals surface area contributed by atoms with Crippen LogP contribution in [0.1, 0.15) is 51.9 Å². The first-order valence-electron chi connectivity index (χ1n) is 7.19. The topological polar surface area (TPSA) is 44.5 Å². The summed E-state index contributed by atoms with van der Waals surface area (Å²) in [5.41, 5.74) is 6.33. The van der Waals surface area contributed by atoms with Gasteiger partial charge in [-0.2, -0.15) is 0 Å². The van der Waals surface area contributed by atoms with Gasteiger partial charge in [0.05, 0.1) is 6.10 Å². The van der Waals surface area contributed by atoms with Crippen molar-refractivity contribution in [3.05, 3.63) is 0 Å². The SMILES string of the molecule is CC1OCCC1(N)CCCCC1CCOCC1. The summed E-state index contributed by atoms with van der Waals surface area (Å²) >= 11 is 0. The Morgan fingerprint density at radius 3 is 2.59 bits per heavy atom. The van der Waals surface area contributed by atoms with E-state index in [1.165, 1.54) is 32.1 Å². The number of hydrogen-bond acceptors (Lipinski definition) is 3. The van der Waals surface area contributed by atoms with Gasteiger partial charge in [0.15, 0.2) is 0 Å². The minimum Gasteiger partial charge on any atom is -0.381 e. The van der Waals surface area contributed by atoms with E-state index in [4.69, 9.17) is 15.2 Å². The highest BCUT2D eigenvalue weighted by atomic mass is 16.5. The lowest BCUT2D eigenvalue weighted by Crippen LogP contribution is -2.45. The van der Waals surface area contributed by atoms with E-state index in [9.17, 15) is 0 Å². The Morgan fingerprint density at radius 2 is 1.94 bits per heavy atom. The van der Waals surface area contributed by atoms with Crippen LogP contribution < -0.4 is 5.73 Å². The largest absolute Gasteiger partial charge is 0.381 e. The summed E-state index contributed by atoms with van der Waals surface area (Å²) in [5, 5.41) is 0. The third-order valence-corrected chi connectivity index (χ3v) is 4.59. The van der Waals surface area contributed by atoms with E-state index in [1.807, 2.05) is 0 Å². The van der Waals surface area contributed by atoms with Crippen molar-refractivity contribution in [3.63, 3.8) is 0 Å². The summed E-state index contributed by atoms with van der Waals surface area (Å²) in [6, 6.07) is 0. The van der Waals surface area contributed by atoms with E-state index in [-0.39, 0.29) is 11.6 Å². The summed E-state index contributed by atoms with van der Waals surface area (Å²) in [7, 11) is 0. The third kappa shape index (κ3) is 3.67. The summed E-state index contributed by atoms with van der Waals surface area (Å²) in [6.07, 6.45) is 8.83. The fourth-order valence-corrected chi connectivity index (χ4v) is 3.05. The summed E-state index contributed by atoms with van der Waals surface area (Å²) in [4.78, 5) is 0. The summed E-state index contributed by atoms with van der Waals surface area (Å²) < 4.78 is 11.0. The van der Waals surface area contributed by atoms with Gasteiger partial charge in [0.1, 0.15) is 0 Å². The zero-order chi connectivity index (χ0) is 12.1. The lowest BCUT2D eigenvalue weighted by Gasteiger charge is -2.28. The molecule has 2 unspecified atom stereocenters. The molecule has 2 saturated heterocycles. The second-order valence-corrected chi connectivity index (χ2v) is 5.80. The molecule has 0 spiro atoms. The van der Waals surface area contributed by atoms with Crippen molar-refractivity contribution in [3.8, 4) is 0 Å². The fourth-order valence-electron chi connectivity index (χ4n) is 3.05. The highest BCUT2D eigenvalue weighted by Crippen LogP contribution is 2.29. The maximum Gasteiger partial charge on any atom is 0.0727 e. The molecule has 2 fully saturated rings. The molecule has 0 aliphatic carbocycles. The zero-order valence-electron chi connectivity index (χ0n) is 11.1. The van der Waals surface area contributed by atoms with Crippen molar-refractivity contribution in [2.45, 2.75) is 63.5 Å². The molecule has 2 heterocycles. The highest BCUT2D eigenvalue weighted by Gasteiger charge is 2.36. The fraction of sp³-hybridized carbons (Fsp3) is 1.00. The minimum absolute atomic E-state index is 0.0460. The maximum absolute atomic E-state index is 6.38. The average molecular weight is 241 g/mol. The minimum atomic E-state index is -0.0460. The second kappa shape index (κ2) is 6.17.